The van der Waals surface area contributed by atoms with E-state index in [-0.39, 0.29) is 0 Å². The van der Waals surface area contributed by atoms with Gasteiger partial charge in [-0.15, -0.1) is 11.8 Å². The van der Waals surface area contributed by atoms with Gasteiger partial charge in [0.05, 0.1) is 6.26 Å². The monoisotopic (exact) mass is 138 g/mol. The molecule has 0 aliphatic carbocycles. The second-order valence-electron chi connectivity index (χ2n) is 1.98. The van der Waals surface area contributed by atoms with Crippen molar-refractivity contribution in [3.05, 3.63) is 12.3 Å². The molecule has 0 bridgehead atoms. The summed E-state index contributed by atoms with van der Waals surface area (Å²) in [5.74, 6) is 6.02. The number of aliphatic hydroxyl groups excluding tert-OH is 1. The zero-order valence-corrected chi connectivity index (χ0v) is 6.43. The lowest BCUT2D eigenvalue weighted by molar-refractivity contribution is 0.470. The summed E-state index contributed by atoms with van der Waals surface area (Å²) >= 11 is 0. The van der Waals surface area contributed by atoms with Crippen LogP contribution in [0.2, 0.25) is 0 Å². The smallest absolute Gasteiger partial charge is 0.0751 e. The third-order valence-electron chi connectivity index (χ3n) is 1.08. The van der Waals surface area contributed by atoms with Gasteiger partial charge in [-0.3, -0.25) is 0 Å². The Morgan fingerprint density at radius 2 is 2.20 bits per heavy atom. The van der Waals surface area contributed by atoms with Crippen molar-refractivity contribution in [3.8, 4) is 11.8 Å². The summed E-state index contributed by atoms with van der Waals surface area (Å²) in [6, 6.07) is 0. The molecule has 0 saturated heterocycles. The van der Waals surface area contributed by atoms with E-state index in [0.717, 1.165) is 31.9 Å². The summed E-state index contributed by atoms with van der Waals surface area (Å²) in [5, 5.41) is 8.25. The van der Waals surface area contributed by atoms with E-state index in [9.17, 15) is 0 Å². The molecular formula is C9H14O. The second kappa shape index (κ2) is 8.10. The number of allylic oxidation sites excluding steroid dienone is 1. The third kappa shape index (κ3) is 7.10. The highest BCUT2D eigenvalue weighted by Gasteiger charge is 1.77. The maximum atomic E-state index is 8.25. The van der Waals surface area contributed by atoms with Gasteiger partial charge in [-0.1, -0.05) is 13.0 Å². The summed E-state index contributed by atoms with van der Waals surface area (Å²) in [7, 11) is 0. The van der Waals surface area contributed by atoms with Gasteiger partial charge in [-0.2, -0.15) is 0 Å². The van der Waals surface area contributed by atoms with E-state index in [1.54, 1.807) is 6.08 Å². The number of rotatable bonds is 3. The zero-order valence-electron chi connectivity index (χ0n) is 6.43. The molecule has 0 aromatic heterocycles. The average Bonchev–Trinajstić information content (AvgIpc) is 1.97. The van der Waals surface area contributed by atoms with Gasteiger partial charge in [0.15, 0.2) is 0 Å². The summed E-state index contributed by atoms with van der Waals surface area (Å²) in [5.41, 5.74) is 0. The standard InChI is InChI=1S/C9H14O/c1-2-3-4-5-6-7-8-9-10/h8-10H,2,5-7H2,1H3/b9-8+. The highest BCUT2D eigenvalue weighted by atomic mass is 16.2. The Bertz CT molecular complexity index is 137. The van der Waals surface area contributed by atoms with Crippen LogP contribution in [-0.4, -0.2) is 5.11 Å². The number of unbranched alkanes of at least 4 members (excludes halogenated alkanes) is 2. The summed E-state index contributed by atoms with van der Waals surface area (Å²) in [4.78, 5) is 0. The Hall–Kier alpha value is -0.900. The first-order chi connectivity index (χ1) is 4.91. The van der Waals surface area contributed by atoms with Crippen LogP contribution in [0.5, 0.6) is 0 Å². The van der Waals surface area contributed by atoms with Gasteiger partial charge in [0.1, 0.15) is 0 Å². The SMILES string of the molecule is CCC#CCCC/C=C/O. The summed E-state index contributed by atoms with van der Waals surface area (Å²) in [6.07, 6.45) is 6.69. The van der Waals surface area contributed by atoms with Crippen LogP contribution in [0.25, 0.3) is 0 Å². The minimum Gasteiger partial charge on any atom is -0.516 e. The Morgan fingerprint density at radius 1 is 1.40 bits per heavy atom. The van der Waals surface area contributed by atoms with E-state index in [0.29, 0.717) is 0 Å². The molecule has 0 amide bonds. The molecule has 0 spiro atoms. The van der Waals surface area contributed by atoms with Gasteiger partial charge in [0.2, 0.25) is 0 Å². The van der Waals surface area contributed by atoms with E-state index in [1.165, 1.54) is 0 Å². The van der Waals surface area contributed by atoms with Gasteiger partial charge >= 0.3 is 0 Å². The molecule has 0 unspecified atom stereocenters. The molecule has 0 saturated carbocycles. The van der Waals surface area contributed by atoms with Crippen molar-refractivity contribution in [2.75, 3.05) is 0 Å². The average molecular weight is 138 g/mol. The lowest BCUT2D eigenvalue weighted by Gasteiger charge is -1.84. The minimum atomic E-state index is 0.925. The van der Waals surface area contributed by atoms with Gasteiger partial charge in [0, 0.05) is 12.8 Å². The molecule has 0 aliphatic heterocycles. The maximum Gasteiger partial charge on any atom is 0.0751 e. The fourth-order valence-corrected chi connectivity index (χ4v) is 0.596. The molecule has 0 fully saturated rings. The fraction of sp³-hybridized carbons (Fsp3) is 0.556. The van der Waals surface area contributed by atoms with Crippen LogP contribution in [0, 0.1) is 11.8 Å². The van der Waals surface area contributed by atoms with Gasteiger partial charge < -0.3 is 5.11 Å². The first-order valence-corrected chi connectivity index (χ1v) is 3.66. The van der Waals surface area contributed by atoms with E-state index in [1.807, 2.05) is 6.92 Å². The van der Waals surface area contributed by atoms with Crippen LogP contribution < -0.4 is 0 Å². The van der Waals surface area contributed by atoms with E-state index < -0.39 is 0 Å². The Kier molecular flexibility index (Phi) is 7.37. The van der Waals surface area contributed by atoms with Crippen LogP contribution in [-0.2, 0) is 0 Å². The van der Waals surface area contributed by atoms with Gasteiger partial charge in [-0.05, 0) is 12.8 Å². The van der Waals surface area contributed by atoms with Crippen molar-refractivity contribution in [2.24, 2.45) is 0 Å². The Labute approximate surface area is 62.8 Å². The molecule has 56 valence electrons. The summed E-state index contributed by atoms with van der Waals surface area (Å²) in [6.45, 7) is 2.04. The second-order valence-corrected chi connectivity index (χ2v) is 1.98. The number of aliphatic hydroxyl groups is 1. The molecule has 0 aliphatic rings. The lowest BCUT2D eigenvalue weighted by Crippen LogP contribution is -1.68. The van der Waals surface area contributed by atoms with Gasteiger partial charge in [0.25, 0.3) is 0 Å². The predicted molar refractivity (Wildman–Crippen MR) is 43.7 cm³/mol. The highest BCUT2D eigenvalue weighted by molar-refractivity contribution is 4.97. The topological polar surface area (TPSA) is 20.2 Å². The van der Waals surface area contributed by atoms with E-state index in [2.05, 4.69) is 11.8 Å². The normalized spacial score (nSPS) is 9.30. The molecular weight excluding hydrogens is 124 g/mol. The molecule has 0 rings (SSSR count). The van der Waals surface area contributed by atoms with Gasteiger partial charge in [-0.25, -0.2) is 0 Å². The van der Waals surface area contributed by atoms with Crippen LogP contribution in [0.4, 0.5) is 0 Å². The van der Waals surface area contributed by atoms with E-state index in [4.69, 9.17) is 5.11 Å². The van der Waals surface area contributed by atoms with Crippen LogP contribution in [0.1, 0.15) is 32.6 Å². The Balaban J connectivity index is 3.04. The van der Waals surface area contributed by atoms with Crippen LogP contribution in [0.15, 0.2) is 12.3 Å². The molecule has 1 heteroatoms. The van der Waals surface area contributed by atoms with Crippen LogP contribution in [0.3, 0.4) is 0 Å². The third-order valence-corrected chi connectivity index (χ3v) is 1.08. The maximum absolute atomic E-state index is 8.25. The summed E-state index contributed by atoms with van der Waals surface area (Å²) < 4.78 is 0. The zero-order chi connectivity index (χ0) is 7.66. The molecule has 0 aromatic carbocycles. The highest BCUT2D eigenvalue weighted by Crippen LogP contribution is 1.93. The first-order valence-electron chi connectivity index (χ1n) is 3.66. The minimum absolute atomic E-state index is 0.925. The quantitative estimate of drug-likeness (QED) is 0.361. The molecule has 1 N–H and O–H groups in total. The van der Waals surface area contributed by atoms with Crippen molar-refractivity contribution in [2.45, 2.75) is 32.6 Å². The molecule has 0 aromatic rings. The first kappa shape index (κ1) is 9.10. The number of hydrogen-bond acceptors (Lipinski definition) is 1. The molecule has 0 heterocycles. The molecule has 10 heavy (non-hydrogen) atoms. The lowest BCUT2D eigenvalue weighted by atomic mass is 10.2. The predicted octanol–water partition coefficient (Wildman–Crippen LogP) is 2.64. The van der Waals surface area contributed by atoms with Crippen molar-refractivity contribution >= 4 is 0 Å². The largest absolute Gasteiger partial charge is 0.516 e. The van der Waals surface area contributed by atoms with Crippen LogP contribution >= 0.6 is 0 Å². The van der Waals surface area contributed by atoms with Crippen molar-refractivity contribution in [1.82, 2.24) is 0 Å². The van der Waals surface area contributed by atoms with E-state index >= 15 is 0 Å². The van der Waals surface area contributed by atoms with Crippen molar-refractivity contribution < 1.29 is 5.11 Å². The number of hydrogen-bond donors (Lipinski definition) is 1. The fourth-order valence-electron chi connectivity index (χ4n) is 0.596. The molecule has 0 radical (unpaired) electrons. The molecule has 0 atom stereocenters. The van der Waals surface area contributed by atoms with Crippen molar-refractivity contribution in [1.29, 1.82) is 0 Å². The van der Waals surface area contributed by atoms with Crippen molar-refractivity contribution in [3.63, 3.8) is 0 Å². The Morgan fingerprint density at radius 3 is 2.80 bits per heavy atom. The molecule has 1 nitrogen and oxygen atoms in total.